The minimum absolute atomic E-state index is 0.00648. The summed E-state index contributed by atoms with van der Waals surface area (Å²) in [6.07, 6.45) is 0.707. The molecule has 7 heteroatoms. The third kappa shape index (κ3) is 4.34. The van der Waals surface area contributed by atoms with Crippen LogP contribution in [0.25, 0.3) is 0 Å². The molecule has 0 aliphatic heterocycles. The summed E-state index contributed by atoms with van der Waals surface area (Å²) >= 11 is 0. The minimum atomic E-state index is -3.76. The van der Waals surface area contributed by atoms with Crippen molar-refractivity contribution < 1.29 is 23.1 Å². The number of sulfone groups is 1. The van der Waals surface area contributed by atoms with Crippen LogP contribution in [0.3, 0.4) is 0 Å². The van der Waals surface area contributed by atoms with Gasteiger partial charge in [-0.1, -0.05) is 6.92 Å². The molecule has 6 nitrogen and oxygen atoms in total. The number of hydrogen-bond donors (Lipinski definition) is 2. The van der Waals surface area contributed by atoms with Crippen LogP contribution in [-0.2, 0) is 14.6 Å². The molecule has 0 spiro atoms. The lowest BCUT2D eigenvalue weighted by Gasteiger charge is -2.11. The van der Waals surface area contributed by atoms with Crippen LogP contribution in [0.2, 0.25) is 0 Å². The number of carbonyl (C=O) groups is 2. The Morgan fingerprint density at radius 2 is 1.80 bits per heavy atom. The van der Waals surface area contributed by atoms with E-state index in [4.69, 9.17) is 5.11 Å². The Balaban J connectivity index is 2.83. The van der Waals surface area contributed by atoms with Gasteiger partial charge in [-0.05, 0) is 37.6 Å². The van der Waals surface area contributed by atoms with E-state index in [2.05, 4.69) is 5.32 Å². The van der Waals surface area contributed by atoms with E-state index in [-0.39, 0.29) is 16.5 Å². The van der Waals surface area contributed by atoms with E-state index in [0.29, 0.717) is 6.42 Å². The Labute approximate surface area is 117 Å². The van der Waals surface area contributed by atoms with Crippen LogP contribution in [0.15, 0.2) is 29.2 Å². The van der Waals surface area contributed by atoms with Crippen molar-refractivity contribution in [2.75, 3.05) is 5.75 Å². The van der Waals surface area contributed by atoms with Crippen molar-refractivity contribution in [3.8, 4) is 0 Å². The third-order valence-corrected chi connectivity index (χ3v) is 4.43. The van der Waals surface area contributed by atoms with Crippen LogP contribution >= 0.6 is 0 Å². The van der Waals surface area contributed by atoms with Crippen LogP contribution in [0.5, 0.6) is 0 Å². The van der Waals surface area contributed by atoms with E-state index in [1.165, 1.54) is 24.3 Å². The molecule has 0 fully saturated rings. The second-order valence-corrected chi connectivity index (χ2v) is 6.46. The number of rotatable bonds is 6. The zero-order valence-corrected chi connectivity index (χ0v) is 12.1. The zero-order chi connectivity index (χ0) is 15.3. The van der Waals surface area contributed by atoms with Crippen molar-refractivity contribution in [1.29, 1.82) is 0 Å². The van der Waals surface area contributed by atoms with Gasteiger partial charge in [0.1, 0.15) is 5.75 Å². The number of benzene rings is 1. The molecule has 1 unspecified atom stereocenters. The molecule has 0 aromatic heterocycles. The molecular formula is C13H17NO5S. The average molecular weight is 299 g/mol. The maximum Gasteiger partial charge on any atom is 0.335 e. The lowest BCUT2D eigenvalue weighted by Crippen LogP contribution is -2.36. The summed E-state index contributed by atoms with van der Waals surface area (Å²) in [4.78, 5) is 22.2. The fraction of sp³-hybridized carbons (Fsp3) is 0.385. The first kappa shape index (κ1) is 16.2. The predicted octanol–water partition coefficient (Wildman–Crippen LogP) is 1.07. The molecule has 20 heavy (non-hydrogen) atoms. The second-order valence-electron chi connectivity index (χ2n) is 4.47. The summed E-state index contributed by atoms with van der Waals surface area (Å²) in [5.74, 6) is -2.35. The van der Waals surface area contributed by atoms with Crippen LogP contribution in [-0.4, -0.2) is 37.2 Å². The van der Waals surface area contributed by atoms with Crippen LogP contribution in [0.1, 0.15) is 30.6 Å². The van der Waals surface area contributed by atoms with Gasteiger partial charge in [0.15, 0.2) is 9.84 Å². The second kappa shape index (κ2) is 6.51. The van der Waals surface area contributed by atoms with Crippen LogP contribution in [0.4, 0.5) is 0 Å². The Hall–Kier alpha value is -1.89. The van der Waals surface area contributed by atoms with E-state index in [1.54, 1.807) is 6.92 Å². The fourth-order valence-corrected chi connectivity index (χ4v) is 2.63. The highest BCUT2D eigenvalue weighted by molar-refractivity contribution is 7.92. The van der Waals surface area contributed by atoms with E-state index < -0.39 is 27.5 Å². The molecule has 0 bridgehead atoms. The summed E-state index contributed by atoms with van der Waals surface area (Å²) in [5, 5.41) is 11.3. The molecule has 1 aromatic rings. The van der Waals surface area contributed by atoms with Crippen molar-refractivity contribution in [3.63, 3.8) is 0 Å². The molecule has 0 aliphatic carbocycles. The monoisotopic (exact) mass is 299 g/mol. The summed E-state index contributed by atoms with van der Waals surface area (Å²) in [5.41, 5.74) is -0.00648. The third-order valence-electron chi connectivity index (χ3n) is 2.80. The molecule has 0 saturated heterocycles. The Kier molecular flexibility index (Phi) is 5.26. The highest BCUT2D eigenvalue weighted by Gasteiger charge is 2.20. The van der Waals surface area contributed by atoms with Gasteiger partial charge in [-0.15, -0.1) is 0 Å². The highest BCUT2D eigenvalue weighted by Crippen LogP contribution is 2.12. The normalized spacial score (nSPS) is 12.7. The number of carboxylic acids is 1. The standard InChI is InChI=1S/C13H17NO5S/c1-3-9(2)14-12(15)8-20(18,19)11-6-4-10(5-7-11)13(16)17/h4-7,9H,3,8H2,1-2H3,(H,14,15)(H,16,17). The molecule has 0 aliphatic rings. The molecule has 0 heterocycles. The van der Waals surface area contributed by atoms with Crippen LogP contribution < -0.4 is 5.32 Å². The fourth-order valence-electron chi connectivity index (χ4n) is 1.48. The SMILES string of the molecule is CCC(C)NC(=O)CS(=O)(=O)c1ccc(C(=O)O)cc1. The first-order valence-electron chi connectivity index (χ1n) is 6.11. The highest BCUT2D eigenvalue weighted by atomic mass is 32.2. The van der Waals surface area contributed by atoms with E-state index in [9.17, 15) is 18.0 Å². The van der Waals surface area contributed by atoms with Crippen molar-refractivity contribution in [2.45, 2.75) is 31.2 Å². The van der Waals surface area contributed by atoms with Gasteiger partial charge in [-0.3, -0.25) is 4.79 Å². The molecule has 2 N–H and O–H groups in total. The van der Waals surface area contributed by atoms with Crippen LogP contribution in [0, 0.1) is 0 Å². The molecule has 0 saturated carbocycles. The molecular weight excluding hydrogens is 282 g/mol. The lowest BCUT2D eigenvalue weighted by molar-refractivity contribution is -0.119. The number of aromatic carboxylic acids is 1. The maximum atomic E-state index is 12.0. The molecule has 1 atom stereocenters. The van der Waals surface area contributed by atoms with Gasteiger partial charge < -0.3 is 10.4 Å². The smallest absolute Gasteiger partial charge is 0.335 e. The quantitative estimate of drug-likeness (QED) is 0.818. The number of nitrogens with one attached hydrogen (secondary N) is 1. The van der Waals surface area contributed by atoms with Gasteiger partial charge >= 0.3 is 5.97 Å². The largest absolute Gasteiger partial charge is 0.478 e. The molecule has 1 amide bonds. The topological polar surface area (TPSA) is 101 Å². The van der Waals surface area contributed by atoms with Crippen molar-refractivity contribution in [2.24, 2.45) is 0 Å². The van der Waals surface area contributed by atoms with Gasteiger partial charge in [0, 0.05) is 6.04 Å². The van der Waals surface area contributed by atoms with Gasteiger partial charge in [0.25, 0.3) is 0 Å². The zero-order valence-electron chi connectivity index (χ0n) is 11.3. The Morgan fingerprint density at radius 3 is 2.25 bits per heavy atom. The van der Waals surface area contributed by atoms with E-state index >= 15 is 0 Å². The van der Waals surface area contributed by atoms with Gasteiger partial charge in [0.2, 0.25) is 5.91 Å². The molecule has 1 rings (SSSR count). The number of carbonyl (C=O) groups excluding carboxylic acids is 1. The predicted molar refractivity (Wildman–Crippen MR) is 73.3 cm³/mol. The van der Waals surface area contributed by atoms with Crippen molar-refractivity contribution >= 4 is 21.7 Å². The molecule has 1 aromatic carbocycles. The summed E-state index contributed by atoms with van der Waals surface area (Å²) in [6, 6.07) is 4.68. The number of carboxylic acid groups (broad SMARTS) is 1. The molecule has 0 radical (unpaired) electrons. The summed E-state index contributed by atoms with van der Waals surface area (Å²) in [7, 11) is -3.76. The van der Waals surface area contributed by atoms with Crippen molar-refractivity contribution in [3.05, 3.63) is 29.8 Å². The Bertz CT molecular complexity index is 592. The summed E-state index contributed by atoms with van der Waals surface area (Å²) < 4.78 is 24.0. The van der Waals surface area contributed by atoms with E-state index in [1.807, 2.05) is 6.92 Å². The van der Waals surface area contributed by atoms with E-state index in [0.717, 1.165) is 0 Å². The lowest BCUT2D eigenvalue weighted by atomic mass is 10.2. The first-order chi connectivity index (χ1) is 9.26. The van der Waals surface area contributed by atoms with Crippen molar-refractivity contribution in [1.82, 2.24) is 5.32 Å². The average Bonchev–Trinajstić information content (AvgIpc) is 2.37. The van der Waals surface area contributed by atoms with Gasteiger partial charge in [-0.25, -0.2) is 13.2 Å². The van der Waals surface area contributed by atoms with Gasteiger partial charge in [-0.2, -0.15) is 0 Å². The van der Waals surface area contributed by atoms with Gasteiger partial charge in [0.05, 0.1) is 10.5 Å². The molecule has 110 valence electrons. The minimum Gasteiger partial charge on any atom is -0.478 e. The summed E-state index contributed by atoms with van der Waals surface area (Å²) in [6.45, 7) is 3.66. The number of amides is 1. The first-order valence-corrected chi connectivity index (χ1v) is 7.77. The Morgan fingerprint density at radius 1 is 1.25 bits per heavy atom. The maximum absolute atomic E-state index is 12.0. The number of hydrogen-bond acceptors (Lipinski definition) is 4.